The van der Waals surface area contributed by atoms with Crippen molar-refractivity contribution in [1.29, 1.82) is 0 Å². The third-order valence-corrected chi connectivity index (χ3v) is 3.53. The van der Waals surface area contributed by atoms with Crippen molar-refractivity contribution in [2.24, 2.45) is 0 Å². The van der Waals surface area contributed by atoms with Crippen LogP contribution in [0, 0.1) is 0 Å². The molecule has 0 spiro atoms. The van der Waals surface area contributed by atoms with Crippen LogP contribution in [0.3, 0.4) is 0 Å². The fraction of sp³-hybridized carbons (Fsp3) is 0.562. The average molecular weight is 292 g/mol. The van der Waals surface area contributed by atoms with Crippen LogP contribution in [0.25, 0.3) is 0 Å². The van der Waals surface area contributed by atoms with Crippen LogP contribution in [0.4, 0.5) is 0 Å². The highest BCUT2D eigenvalue weighted by Gasteiger charge is 2.20. The van der Waals surface area contributed by atoms with E-state index in [0.29, 0.717) is 25.6 Å². The molecule has 0 heterocycles. The van der Waals surface area contributed by atoms with Gasteiger partial charge < -0.3 is 19.7 Å². The number of likely N-dealkylation sites (N-methyl/N-ethyl adjacent to an activating group) is 1. The maximum Gasteiger partial charge on any atom is 0.223 e. The predicted molar refractivity (Wildman–Crippen MR) is 81.8 cm³/mol. The molecule has 0 radical (unpaired) electrons. The predicted octanol–water partition coefficient (Wildman–Crippen LogP) is 1.67. The Kier molecular flexibility index (Phi) is 5.87. The van der Waals surface area contributed by atoms with Crippen LogP contribution in [-0.2, 0) is 4.79 Å². The number of rotatable bonds is 9. The van der Waals surface area contributed by atoms with Gasteiger partial charge in [0.15, 0.2) is 0 Å². The van der Waals surface area contributed by atoms with Gasteiger partial charge in [-0.05, 0) is 37.1 Å². The van der Waals surface area contributed by atoms with Gasteiger partial charge in [-0.15, -0.1) is 0 Å². The third-order valence-electron chi connectivity index (χ3n) is 3.53. The highest BCUT2D eigenvalue weighted by atomic mass is 16.5. The minimum atomic E-state index is 0.154. The van der Waals surface area contributed by atoms with Gasteiger partial charge in [-0.2, -0.15) is 0 Å². The van der Waals surface area contributed by atoms with Gasteiger partial charge in [-0.1, -0.05) is 0 Å². The summed E-state index contributed by atoms with van der Waals surface area (Å²) in [7, 11) is 3.45. The Morgan fingerprint density at radius 2 is 1.95 bits per heavy atom. The first-order chi connectivity index (χ1) is 10.2. The number of hydrogen-bond acceptors (Lipinski definition) is 4. The molecule has 5 heteroatoms. The largest absolute Gasteiger partial charge is 0.497 e. The molecule has 5 nitrogen and oxygen atoms in total. The van der Waals surface area contributed by atoms with Gasteiger partial charge >= 0.3 is 0 Å². The lowest BCUT2D eigenvalue weighted by molar-refractivity contribution is -0.130. The Morgan fingerprint density at radius 3 is 2.57 bits per heavy atom. The molecule has 1 amide bonds. The third kappa shape index (κ3) is 5.63. The second-order valence-corrected chi connectivity index (χ2v) is 5.32. The van der Waals surface area contributed by atoms with Crippen molar-refractivity contribution in [1.82, 2.24) is 10.2 Å². The topological polar surface area (TPSA) is 50.8 Å². The number of hydrogen-bond donors (Lipinski definition) is 1. The molecule has 1 saturated carbocycles. The molecule has 1 aliphatic carbocycles. The fourth-order valence-corrected chi connectivity index (χ4v) is 1.96. The summed E-state index contributed by atoms with van der Waals surface area (Å²) in [5.41, 5.74) is 0. The zero-order valence-electron chi connectivity index (χ0n) is 12.8. The van der Waals surface area contributed by atoms with Crippen molar-refractivity contribution in [2.45, 2.75) is 25.3 Å². The molecule has 1 N–H and O–H groups in total. The highest BCUT2D eigenvalue weighted by molar-refractivity contribution is 5.76. The smallest absolute Gasteiger partial charge is 0.223 e. The molecule has 1 fully saturated rings. The van der Waals surface area contributed by atoms with Crippen LogP contribution in [0.1, 0.15) is 19.3 Å². The molecule has 21 heavy (non-hydrogen) atoms. The summed E-state index contributed by atoms with van der Waals surface area (Å²) in [6, 6.07) is 8.09. The SMILES string of the molecule is COc1ccc(OCCN(C)C(=O)CCNC2CC2)cc1. The van der Waals surface area contributed by atoms with Gasteiger partial charge in [-0.3, -0.25) is 4.79 Å². The van der Waals surface area contributed by atoms with Crippen molar-refractivity contribution in [3.63, 3.8) is 0 Å². The van der Waals surface area contributed by atoms with E-state index < -0.39 is 0 Å². The van der Waals surface area contributed by atoms with Crippen LogP contribution in [0.15, 0.2) is 24.3 Å². The summed E-state index contributed by atoms with van der Waals surface area (Å²) < 4.78 is 10.7. The molecule has 0 saturated heterocycles. The van der Waals surface area contributed by atoms with Gasteiger partial charge in [0, 0.05) is 26.1 Å². The number of benzene rings is 1. The molecule has 0 aliphatic heterocycles. The Labute approximate surface area is 126 Å². The summed E-state index contributed by atoms with van der Waals surface area (Å²) in [5.74, 6) is 1.74. The van der Waals surface area contributed by atoms with E-state index in [-0.39, 0.29) is 5.91 Å². The van der Waals surface area contributed by atoms with E-state index >= 15 is 0 Å². The highest BCUT2D eigenvalue weighted by Crippen LogP contribution is 2.18. The second kappa shape index (κ2) is 7.88. The lowest BCUT2D eigenvalue weighted by Gasteiger charge is -2.17. The minimum absolute atomic E-state index is 0.154. The van der Waals surface area contributed by atoms with Crippen LogP contribution in [0.5, 0.6) is 11.5 Å². The molecule has 2 rings (SSSR count). The monoisotopic (exact) mass is 292 g/mol. The van der Waals surface area contributed by atoms with E-state index in [1.165, 1.54) is 12.8 Å². The van der Waals surface area contributed by atoms with E-state index in [0.717, 1.165) is 18.0 Å². The second-order valence-electron chi connectivity index (χ2n) is 5.32. The van der Waals surface area contributed by atoms with Crippen LogP contribution in [0.2, 0.25) is 0 Å². The average Bonchev–Trinajstić information content (AvgIpc) is 3.32. The maximum atomic E-state index is 11.9. The van der Waals surface area contributed by atoms with Gasteiger partial charge in [0.1, 0.15) is 18.1 Å². The molecule has 0 aromatic heterocycles. The molecule has 0 bridgehead atoms. The summed E-state index contributed by atoms with van der Waals surface area (Å²) in [6.07, 6.45) is 3.05. The molecular weight excluding hydrogens is 268 g/mol. The number of carbonyl (C=O) groups excluding carboxylic acids is 1. The first kappa shape index (κ1) is 15.6. The number of ether oxygens (including phenoxy) is 2. The van der Waals surface area contributed by atoms with Crippen molar-refractivity contribution in [3.8, 4) is 11.5 Å². The molecular formula is C16H24N2O3. The Morgan fingerprint density at radius 1 is 1.29 bits per heavy atom. The van der Waals surface area contributed by atoms with Crippen molar-refractivity contribution in [2.75, 3.05) is 33.9 Å². The molecule has 1 aromatic carbocycles. The van der Waals surface area contributed by atoms with Gasteiger partial charge in [0.05, 0.1) is 13.7 Å². The van der Waals surface area contributed by atoms with E-state index in [1.807, 2.05) is 31.3 Å². The molecule has 116 valence electrons. The number of nitrogens with one attached hydrogen (secondary N) is 1. The minimum Gasteiger partial charge on any atom is -0.497 e. The molecule has 0 atom stereocenters. The number of amides is 1. The Hall–Kier alpha value is -1.75. The summed E-state index contributed by atoms with van der Waals surface area (Å²) >= 11 is 0. The molecule has 0 unspecified atom stereocenters. The van der Waals surface area contributed by atoms with Crippen LogP contribution >= 0.6 is 0 Å². The molecule has 1 aromatic rings. The Bertz CT molecular complexity index is 443. The standard InChI is InChI=1S/C16H24N2O3/c1-18(16(19)9-10-17-13-3-4-13)11-12-21-15-7-5-14(20-2)6-8-15/h5-8,13,17H,3-4,9-12H2,1-2H3. The summed E-state index contributed by atoms with van der Waals surface area (Å²) in [6.45, 7) is 1.85. The van der Waals surface area contributed by atoms with Gasteiger partial charge in [0.2, 0.25) is 5.91 Å². The zero-order chi connectivity index (χ0) is 15.1. The van der Waals surface area contributed by atoms with E-state index in [9.17, 15) is 4.79 Å². The number of nitrogens with zero attached hydrogens (tertiary/aromatic N) is 1. The van der Waals surface area contributed by atoms with Crippen LogP contribution in [-0.4, -0.2) is 50.7 Å². The van der Waals surface area contributed by atoms with Gasteiger partial charge in [0.25, 0.3) is 0 Å². The quantitative estimate of drug-likeness (QED) is 0.752. The normalized spacial score (nSPS) is 13.8. The van der Waals surface area contributed by atoms with E-state index in [1.54, 1.807) is 12.0 Å². The zero-order valence-corrected chi connectivity index (χ0v) is 12.8. The molecule has 1 aliphatic rings. The number of carbonyl (C=O) groups is 1. The first-order valence-electron chi connectivity index (χ1n) is 7.43. The van der Waals surface area contributed by atoms with E-state index in [4.69, 9.17) is 9.47 Å². The first-order valence-corrected chi connectivity index (χ1v) is 7.43. The van der Waals surface area contributed by atoms with Crippen molar-refractivity contribution >= 4 is 5.91 Å². The van der Waals surface area contributed by atoms with Crippen LogP contribution < -0.4 is 14.8 Å². The lowest BCUT2D eigenvalue weighted by atomic mass is 10.3. The van der Waals surface area contributed by atoms with E-state index in [2.05, 4.69) is 5.32 Å². The Balaban J connectivity index is 1.60. The summed E-state index contributed by atoms with van der Waals surface area (Å²) in [4.78, 5) is 13.6. The van der Waals surface area contributed by atoms with Gasteiger partial charge in [-0.25, -0.2) is 0 Å². The fourth-order valence-electron chi connectivity index (χ4n) is 1.96. The maximum absolute atomic E-state index is 11.9. The van der Waals surface area contributed by atoms with Crippen molar-refractivity contribution in [3.05, 3.63) is 24.3 Å². The lowest BCUT2D eigenvalue weighted by Crippen LogP contribution is -2.33. The van der Waals surface area contributed by atoms with Crippen molar-refractivity contribution < 1.29 is 14.3 Å². The number of methoxy groups -OCH3 is 1. The summed E-state index contributed by atoms with van der Waals surface area (Å²) in [5, 5.41) is 3.34.